The van der Waals surface area contributed by atoms with E-state index in [1.54, 1.807) is 0 Å². The standard InChI is InChI=1S/C21H21/c1-13-14(2)16(4)21(17(5)15(13)3)20-11-10-18-8-6-7-9-19(18)12-20/h6-11H,1-5H3. The maximum absolute atomic E-state index is 3.60. The zero-order chi connectivity index (χ0) is 15.1. The van der Waals surface area contributed by atoms with Crippen LogP contribution in [0, 0.1) is 40.7 Å². The first-order valence-electron chi connectivity index (χ1n) is 7.49. The Morgan fingerprint density at radius 2 is 1.19 bits per heavy atom. The van der Waals surface area contributed by atoms with E-state index < -0.39 is 0 Å². The fraction of sp³-hybridized carbons (Fsp3) is 0.238. The molecule has 105 valence electrons. The molecule has 3 rings (SSSR count). The average Bonchev–Trinajstić information content (AvgIpc) is 2.51. The Hall–Kier alpha value is -2.08. The highest BCUT2D eigenvalue weighted by molar-refractivity contribution is 5.88. The smallest absolute Gasteiger partial charge is 0.00141 e. The van der Waals surface area contributed by atoms with Gasteiger partial charge in [0.15, 0.2) is 0 Å². The Bertz CT molecular complexity index is 809. The molecule has 3 aromatic carbocycles. The number of hydrogen-bond acceptors (Lipinski definition) is 0. The Kier molecular flexibility index (Phi) is 3.33. The second-order valence-electron chi connectivity index (χ2n) is 5.96. The van der Waals surface area contributed by atoms with Gasteiger partial charge in [0.05, 0.1) is 0 Å². The van der Waals surface area contributed by atoms with Crippen LogP contribution in [-0.4, -0.2) is 0 Å². The topological polar surface area (TPSA) is 0 Å². The molecule has 1 radical (unpaired) electrons. The first-order valence-corrected chi connectivity index (χ1v) is 7.49. The van der Waals surface area contributed by atoms with Crippen molar-refractivity contribution < 1.29 is 0 Å². The first kappa shape index (κ1) is 13.9. The summed E-state index contributed by atoms with van der Waals surface area (Å²) in [6, 6.07) is 16.4. The van der Waals surface area contributed by atoms with E-state index in [4.69, 9.17) is 0 Å². The number of fused-ring (bicyclic) bond motifs is 1. The Morgan fingerprint density at radius 1 is 0.619 bits per heavy atom. The summed E-state index contributed by atoms with van der Waals surface area (Å²) in [4.78, 5) is 0. The molecule has 0 atom stereocenters. The fourth-order valence-electron chi connectivity index (χ4n) is 3.17. The number of benzene rings is 3. The lowest BCUT2D eigenvalue weighted by molar-refractivity contribution is 1.18. The molecule has 0 bridgehead atoms. The summed E-state index contributed by atoms with van der Waals surface area (Å²) in [5.41, 5.74) is 9.51. The predicted molar refractivity (Wildman–Crippen MR) is 91.9 cm³/mol. The highest BCUT2D eigenvalue weighted by atomic mass is 14.2. The maximum atomic E-state index is 3.60. The van der Waals surface area contributed by atoms with Gasteiger partial charge in [-0.1, -0.05) is 36.4 Å². The van der Waals surface area contributed by atoms with E-state index >= 15 is 0 Å². The molecule has 0 aliphatic carbocycles. The monoisotopic (exact) mass is 273 g/mol. The summed E-state index contributed by atoms with van der Waals surface area (Å²) in [7, 11) is 0. The molecule has 0 aromatic heterocycles. The summed E-state index contributed by atoms with van der Waals surface area (Å²) >= 11 is 0. The van der Waals surface area contributed by atoms with Crippen molar-refractivity contribution in [3.63, 3.8) is 0 Å². The van der Waals surface area contributed by atoms with Crippen LogP contribution in [-0.2, 0) is 0 Å². The molecule has 0 fully saturated rings. The third-order valence-corrected chi connectivity index (χ3v) is 4.93. The SMILES string of the molecule is Cc1c(C)c(C)c(-c2[c]c3ccccc3cc2)c(C)c1C. The summed E-state index contributed by atoms with van der Waals surface area (Å²) in [5.74, 6) is 0. The molecule has 0 nitrogen and oxygen atoms in total. The maximum Gasteiger partial charge on any atom is -0.00141 e. The van der Waals surface area contributed by atoms with Gasteiger partial charge in [0.1, 0.15) is 0 Å². The van der Waals surface area contributed by atoms with Gasteiger partial charge in [-0.15, -0.1) is 0 Å². The highest BCUT2D eigenvalue weighted by Crippen LogP contribution is 2.34. The van der Waals surface area contributed by atoms with E-state index in [0.29, 0.717) is 0 Å². The van der Waals surface area contributed by atoms with Gasteiger partial charge in [-0.25, -0.2) is 0 Å². The van der Waals surface area contributed by atoms with Crippen molar-refractivity contribution in [2.24, 2.45) is 0 Å². The van der Waals surface area contributed by atoms with Crippen LogP contribution in [0.1, 0.15) is 27.8 Å². The quantitative estimate of drug-likeness (QED) is 0.522. The molecule has 0 aliphatic rings. The summed E-state index contributed by atoms with van der Waals surface area (Å²) < 4.78 is 0. The molecule has 0 heteroatoms. The molecule has 21 heavy (non-hydrogen) atoms. The van der Waals surface area contributed by atoms with Crippen molar-refractivity contribution in [1.29, 1.82) is 0 Å². The van der Waals surface area contributed by atoms with Crippen molar-refractivity contribution in [2.75, 3.05) is 0 Å². The van der Waals surface area contributed by atoms with Crippen LogP contribution in [0.4, 0.5) is 0 Å². The Morgan fingerprint density at radius 3 is 1.86 bits per heavy atom. The van der Waals surface area contributed by atoms with E-state index in [1.165, 1.54) is 49.7 Å². The van der Waals surface area contributed by atoms with Crippen LogP contribution in [0.3, 0.4) is 0 Å². The minimum absolute atomic E-state index is 1.18. The van der Waals surface area contributed by atoms with Gasteiger partial charge in [0.25, 0.3) is 0 Å². The lowest BCUT2D eigenvalue weighted by Gasteiger charge is -2.19. The predicted octanol–water partition coefficient (Wildman–Crippen LogP) is 5.85. The highest BCUT2D eigenvalue weighted by Gasteiger charge is 2.14. The van der Waals surface area contributed by atoms with Crippen molar-refractivity contribution in [3.05, 3.63) is 70.3 Å². The van der Waals surface area contributed by atoms with E-state index in [-0.39, 0.29) is 0 Å². The fourth-order valence-corrected chi connectivity index (χ4v) is 3.17. The van der Waals surface area contributed by atoms with Crippen molar-refractivity contribution in [2.45, 2.75) is 34.6 Å². The zero-order valence-electron chi connectivity index (χ0n) is 13.5. The lowest BCUT2D eigenvalue weighted by atomic mass is 9.86. The Labute approximate surface area is 127 Å². The summed E-state index contributed by atoms with van der Waals surface area (Å²) in [6.45, 7) is 11.1. The van der Waals surface area contributed by atoms with Gasteiger partial charge in [0, 0.05) is 0 Å². The van der Waals surface area contributed by atoms with E-state index in [1.807, 2.05) is 0 Å². The second-order valence-corrected chi connectivity index (χ2v) is 5.96. The van der Waals surface area contributed by atoms with Crippen molar-refractivity contribution in [3.8, 4) is 11.1 Å². The molecule has 0 saturated carbocycles. The largest absolute Gasteiger partial charge is 0.0616 e. The third-order valence-electron chi connectivity index (χ3n) is 4.93. The minimum atomic E-state index is 1.18. The van der Waals surface area contributed by atoms with E-state index in [0.717, 1.165) is 0 Å². The molecule has 0 saturated heterocycles. The van der Waals surface area contributed by atoms with Crippen LogP contribution in [0.2, 0.25) is 0 Å². The molecule has 0 amide bonds. The molecular weight excluding hydrogens is 252 g/mol. The number of hydrogen-bond donors (Lipinski definition) is 0. The molecule has 0 heterocycles. The van der Waals surface area contributed by atoms with Gasteiger partial charge in [-0.3, -0.25) is 0 Å². The second kappa shape index (κ2) is 5.04. The third kappa shape index (κ3) is 2.15. The normalized spacial score (nSPS) is 11.1. The molecule has 0 aliphatic heterocycles. The summed E-state index contributed by atoms with van der Waals surface area (Å²) in [5, 5.41) is 2.43. The molecule has 0 spiro atoms. The van der Waals surface area contributed by atoms with Crippen molar-refractivity contribution >= 4 is 10.8 Å². The van der Waals surface area contributed by atoms with Crippen molar-refractivity contribution in [1.82, 2.24) is 0 Å². The lowest BCUT2D eigenvalue weighted by Crippen LogP contribution is -1.99. The van der Waals surface area contributed by atoms with Crippen LogP contribution in [0.5, 0.6) is 0 Å². The van der Waals surface area contributed by atoms with Crippen LogP contribution in [0.25, 0.3) is 21.9 Å². The van der Waals surface area contributed by atoms with Crippen LogP contribution >= 0.6 is 0 Å². The minimum Gasteiger partial charge on any atom is -0.0616 e. The van der Waals surface area contributed by atoms with Gasteiger partial charge < -0.3 is 0 Å². The van der Waals surface area contributed by atoms with E-state index in [9.17, 15) is 0 Å². The van der Waals surface area contributed by atoms with Gasteiger partial charge >= 0.3 is 0 Å². The zero-order valence-corrected chi connectivity index (χ0v) is 13.5. The number of rotatable bonds is 1. The van der Waals surface area contributed by atoms with Gasteiger partial charge in [0.2, 0.25) is 0 Å². The van der Waals surface area contributed by atoms with Crippen LogP contribution in [0.15, 0.2) is 36.4 Å². The van der Waals surface area contributed by atoms with Gasteiger partial charge in [-0.05, 0) is 90.4 Å². The first-order chi connectivity index (χ1) is 10.0. The average molecular weight is 273 g/mol. The van der Waals surface area contributed by atoms with E-state index in [2.05, 4.69) is 77.1 Å². The van der Waals surface area contributed by atoms with Crippen LogP contribution < -0.4 is 0 Å². The molecule has 0 unspecified atom stereocenters. The Balaban J connectivity index is 2.32. The summed E-state index contributed by atoms with van der Waals surface area (Å²) in [6.07, 6.45) is 0. The molecular formula is C21H21. The van der Waals surface area contributed by atoms with Gasteiger partial charge in [-0.2, -0.15) is 0 Å². The molecule has 0 N–H and O–H groups in total. The molecule has 3 aromatic rings.